The van der Waals surface area contributed by atoms with Gasteiger partial charge in [0.05, 0.1) is 6.61 Å². The molecule has 1 aromatic rings. The number of guanidine groups is 1. The van der Waals surface area contributed by atoms with Crippen molar-refractivity contribution in [2.45, 2.75) is 20.3 Å². The fourth-order valence-corrected chi connectivity index (χ4v) is 2.37. The number of ether oxygens (including phenoxy) is 1. The van der Waals surface area contributed by atoms with Gasteiger partial charge in [-0.25, -0.2) is 4.79 Å². The highest BCUT2D eigenvalue weighted by atomic mass is 127. The van der Waals surface area contributed by atoms with Gasteiger partial charge < -0.3 is 24.4 Å². The topological polar surface area (TPSA) is 96.1 Å². The van der Waals surface area contributed by atoms with Gasteiger partial charge in [-0.15, -0.1) is 24.0 Å². The first-order valence-electron chi connectivity index (χ1n) is 7.80. The summed E-state index contributed by atoms with van der Waals surface area (Å²) in [6, 6.07) is 0. The van der Waals surface area contributed by atoms with Crippen LogP contribution in [-0.4, -0.2) is 78.4 Å². The number of amides is 1. The van der Waals surface area contributed by atoms with Crippen LogP contribution in [0, 0.1) is 6.92 Å². The van der Waals surface area contributed by atoms with E-state index in [2.05, 4.69) is 25.3 Å². The van der Waals surface area contributed by atoms with Gasteiger partial charge in [0.2, 0.25) is 5.89 Å². The first kappa shape index (κ1) is 20.5. The Bertz CT molecular complexity index is 542. The molecule has 1 aliphatic heterocycles. The number of halogens is 1. The zero-order valence-electron chi connectivity index (χ0n) is 14.3. The van der Waals surface area contributed by atoms with Crippen molar-refractivity contribution in [3.05, 3.63) is 11.7 Å². The number of piperazine rings is 1. The lowest BCUT2D eigenvalue weighted by atomic mass is 10.3. The Morgan fingerprint density at radius 3 is 2.54 bits per heavy atom. The van der Waals surface area contributed by atoms with Crippen LogP contribution in [0.15, 0.2) is 9.52 Å². The molecule has 0 saturated carbocycles. The number of carbonyl (C=O) groups is 1. The van der Waals surface area contributed by atoms with Crippen molar-refractivity contribution in [3.8, 4) is 0 Å². The molecule has 0 unspecified atom stereocenters. The van der Waals surface area contributed by atoms with E-state index in [4.69, 9.17) is 9.26 Å². The normalized spacial score (nSPS) is 15.0. The lowest BCUT2D eigenvalue weighted by molar-refractivity contribution is 0.0914. The SMILES string of the molecule is CCOC(=O)N1CCN(C(=NC)NCCc2nc(C)no2)CC1.I. The van der Waals surface area contributed by atoms with Crippen LogP contribution in [0.4, 0.5) is 4.79 Å². The molecule has 0 aliphatic carbocycles. The van der Waals surface area contributed by atoms with E-state index in [9.17, 15) is 4.79 Å². The maximum Gasteiger partial charge on any atom is 0.409 e. The van der Waals surface area contributed by atoms with Crippen LogP contribution in [0.5, 0.6) is 0 Å². The standard InChI is InChI=1S/C14H24N6O3.HI/c1-4-22-14(21)20-9-7-19(8-10-20)13(15-3)16-6-5-12-17-11(2)18-23-12;/h4-10H2,1-3H3,(H,15,16);1H. The lowest BCUT2D eigenvalue weighted by Crippen LogP contribution is -2.54. The van der Waals surface area contributed by atoms with Gasteiger partial charge in [0, 0.05) is 46.2 Å². The highest BCUT2D eigenvalue weighted by Crippen LogP contribution is 2.04. The molecule has 0 aromatic carbocycles. The molecule has 2 heterocycles. The summed E-state index contributed by atoms with van der Waals surface area (Å²) in [7, 11) is 1.75. The van der Waals surface area contributed by atoms with Crippen molar-refractivity contribution < 1.29 is 14.1 Å². The summed E-state index contributed by atoms with van der Waals surface area (Å²) in [6.07, 6.45) is 0.393. The summed E-state index contributed by atoms with van der Waals surface area (Å²) in [4.78, 5) is 24.0. The molecular weight excluding hydrogens is 427 g/mol. The molecule has 1 amide bonds. The molecule has 0 atom stereocenters. The Hall–Kier alpha value is -1.59. The van der Waals surface area contributed by atoms with Crippen LogP contribution >= 0.6 is 24.0 Å². The second kappa shape index (κ2) is 10.3. The van der Waals surface area contributed by atoms with Gasteiger partial charge in [-0.2, -0.15) is 4.98 Å². The molecular formula is C14H25IN6O3. The van der Waals surface area contributed by atoms with Gasteiger partial charge in [-0.1, -0.05) is 5.16 Å². The molecule has 0 spiro atoms. The molecule has 1 aliphatic rings. The van der Waals surface area contributed by atoms with Crippen LogP contribution < -0.4 is 5.32 Å². The van der Waals surface area contributed by atoms with Crippen molar-refractivity contribution in [1.82, 2.24) is 25.3 Å². The Morgan fingerprint density at radius 2 is 2.00 bits per heavy atom. The number of nitrogens with one attached hydrogen (secondary N) is 1. The van der Waals surface area contributed by atoms with Gasteiger partial charge >= 0.3 is 6.09 Å². The number of aliphatic imine (C=N–C) groups is 1. The highest BCUT2D eigenvalue weighted by Gasteiger charge is 2.23. The summed E-state index contributed by atoms with van der Waals surface area (Å²) in [6.45, 7) is 7.36. The molecule has 1 N–H and O–H groups in total. The number of hydrogen-bond donors (Lipinski definition) is 1. The monoisotopic (exact) mass is 452 g/mol. The number of aromatic nitrogens is 2. The van der Waals surface area contributed by atoms with Gasteiger partial charge in [0.25, 0.3) is 0 Å². The number of hydrogen-bond acceptors (Lipinski definition) is 6. The summed E-state index contributed by atoms with van der Waals surface area (Å²) in [5.41, 5.74) is 0. The van der Waals surface area contributed by atoms with E-state index < -0.39 is 0 Å². The Labute approximate surface area is 158 Å². The highest BCUT2D eigenvalue weighted by molar-refractivity contribution is 14.0. The lowest BCUT2D eigenvalue weighted by Gasteiger charge is -2.35. The molecule has 0 bridgehead atoms. The van der Waals surface area contributed by atoms with Gasteiger partial charge in [-0.05, 0) is 13.8 Å². The van der Waals surface area contributed by atoms with Crippen LogP contribution in [0.1, 0.15) is 18.6 Å². The molecule has 2 rings (SSSR count). The van der Waals surface area contributed by atoms with E-state index in [0.717, 1.165) is 19.0 Å². The predicted octanol–water partition coefficient (Wildman–Crippen LogP) is 0.888. The van der Waals surface area contributed by atoms with Crippen LogP contribution in [0.25, 0.3) is 0 Å². The Kier molecular flexibility index (Phi) is 8.79. The fraction of sp³-hybridized carbons (Fsp3) is 0.714. The van der Waals surface area contributed by atoms with E-state index in [0.29, 0.717) is 44.4 Å². The quantitative estimate of drug-likeness (QED) is 0.412. The summed E-state index contributed by atoms with van der Waals surface area (Å²) < 4.78 is 10.1. The third kappa shape index (κ3) is 5.80. The van der Waals surface area contributed by atoms with Gasteiger partial charge in [-0.3, -0.25) is 4.99 Å². The third-order valence-corrected chi connectivity index (χ3v) is 3.51. The first-order chi connectivity index (χ1) is 11.1. The van der Waals surface area contributed by atoms with E-state index in [1.807, 2.05) is 6.92 Å². The van der Waals surface area contributed by atoms with Crippen LogP contribution in [-0.2, 0) is 11.2 Å². The van der Waals surface area contributed by atoms with E-state index in [-0.39, 0.29) is 30.1 Å². The van der Waals surface area contributed by atoms with Crippen molar-refractivity contribution in [2.75, 3.05) is 46.4 Å². The number of aryl methyl sites for hydroxylation is 1. The maximum absolute atomic E-state index is 11.7. The fourth-order valence-electron chi connectivity index (χ4n) is 2.37. The summed E-state index contributed by atoms with van der Waals surface area (Å²) >= 11 is 0. The van der Waals surface area contributed by atoms with Gasteiger partial charge in [0.1, 0.15) is 0 Å². The molecule has 9 nitrogen and oxygen atoms in total. The molecule has 1 saturated heterocycles. The maximum atomic E-state index is 11.7. The van der Waals surface area contributed by atoms with Crippen LogP contribution in [0.2, 0.25) is 0 Å². The minimum atomic E-state index is -0.248. The molecule has 24 heavy (non-hydrogen) atoms. The second-order valence-corrected chi connectivity index (χ2v) is 5.13. The summed E-state index contributed by atoms with van der Waals surface area (Å²) in [5, 5.41) is 7.04. The van der Waals surface area contributed by atoms with Crippen molar-refractivity contribution >= 4 is 36.0 Å². The summed E-state index contributed by atoms with van der Waals surface area (Å²) in [5.74, 6) is 2.06. The molecule has 1 aromatic heterocycles. The molecule has 136 valence electrons. The number of carbonyl (C=O) groups excluding carboxylic acids is 1. The van der Waals surface area contributed by atoms with E-state index in [1.54, 1.807) is 18.9 Å². The van der Waals surface area contributed by atoms with Gasteiger partial charge in [0.15, 0.2) is 11.8 Å². The van der Waals surface area contributed by atoms with Crippen molar-refractivity contribution in [3.63, 3.8) is 0 Å². The Balaban J connectivity index is 0.00000288. The largest absolute Gasteiger partial charge is 0.450 e. The third-order valence-electron chi connectivity index (χ3n) is 3.51. The smallest absolute Gasteiger partial charge is 0.409 e. The number of rotatable bonds is 4. The average Bonchev–Trinajstić information content (AvgIpc) is 2.97. The van der Waals surface area contributed by atoms with E-state index >= 15 is 0 Å². The predicted molar refractivity (Wildman–Crippen MR) is 99.7 cm³/mol. The Morgan fingerprint density at radius 1 is 1.33 bits per heavy atom. The zero-order chi connectivity index (χ0) is 16.7. The van der Waals surface area contributed by atoms with E-state index in [1.165, 1.54) is 0 Å². The zero-order valence-corrected chi connectivity index (χ0v) is 16.6. The molecule has 1 fully saturated rings. The average molecular weight is 452 g/mol. The minimum absolute atomic E-state index is 0. The number of nitrogens with zero attached hydrogens (tertiary/aromatic N) is 5. The first-order valence-corrected chi connectivity index (χ1v) is 7.80. The minimum Gasteiger partial charge on any atom is -0.450 e. The molecule has 10 heteroatoms. The van der Waals surface area contributed by atoms with Crippen molar-refractivity contribution in [1.29, 1.82) is 0 Å². The van der Waals surface area contributed by atoms with Crippen LogP contribution in [0.3, 0.4) is 0 Å². The molecule has 0 radical (unpaired) electrons. The van der Waals surface area contributed by atoms with Crippen molar-refractivity contribution in [2.24, 2.45) is 4.99 Å². The second-order valence-electron chi connectivity index (χ2n) is 5.13.